The van der Waals surface area contributed by atoms with Gasteiger partial charge in [-0.3, -0.25) is 24.3 Å². The Balaban J connectivity index is 1.26. The number of benzene rings is 1. The van der Waals surface area contributed by atoms with E-state index in [1.807, 2.05) is 19.1 Å². The van der Waals surface area contributed by atoms with Crippen LogP contribution in [-0.2, 0) is 22.7 Å². The lowest BCUT2D eigenvalue weighted by Gasteiger charge is -2.27. The first-order valence-corrected chi connectivity index (χ1v) is 14.4. The third-order valence-corrected chi connectivity index (χ3v) is 7.83. The SMILES string of the molecule is CCN1C(=O)C(C)(C)C(=O)N(C)c2cc(OCCCN(CCn3ccc4ccoc4c3=O)Cc3cncc(F)c3)ccc21. The number of amides is 2. The lowest BCUT2D eigenvalue weighted by atomic mass is 9.90. The summed E-state index contributed by atoms with van der Waals surface area (Å²) in [6.07, 6.45) is 6.70. The number of furan rings is 1. The maximum Gasteiger partial charge on any atom is 0.294 e. The minimum absolute atomic E-state index is 0.198. The molecule has 5 rings (SSSR count). The number of rotatable bonds is 11. The van der Waals surface area contributed by atoms with E-state index in [9.17, 15) is 18.8 Å². The molecule has 0 unspecified atom stereocenters. The van der Waals surface area contributed by atoms with E-state index in [1.165, 1.54) is 23.4 Å². The topological polar surface area (TPSA) is 101 Å². The predicted octanol–water partition coefficient (Wildman–Crippen LogP) is 4.46. The molecule has 3 aromatic heterocycles. The first kappa shape index (κ1) is 30.0. The van der Waals surface area contributed by atoms with Gasteiger partial charge in [0.1, 0.15) is 17.0 Å². The number of hydrogen-bond donors (Lipinski definition) is 0. The zero-order chi connectivity index (χ0) is 30.7. The van der Waals surface area contributed by atoms with Crippen LogP contribution in [0.4, 0.5) is 15.8 Å². The van der Waals surface area contributed by atoms with Crippen LogP contribution in [0.3, 0.4) is 0 Å². The van der Waals surface area contributed by atoms with Crippen molar-refractivity contribution in [2.24, 2.45) is 5.41 Å². The molecular formula is C32H36FN5O5. The van der Waals surface area contributed by atoms with Gasteiger partial charge < -0.3 is 23.5 Å². The van der Waals surface area contributed by atoms with Crippen molar-refractivity contribution >= 4 is 34.2 Å². The summed E-state index contributed by atoms with van der Waals surface area (Å²) in [6, 6.07) is 10.5. The van der Waals surface area contributed by atoms with E-state index in [1.54, 1.807) is 61.0 Å². The van der Waals surface area contributed by atoms with Crippen molar-refractivity contribution in [1.82, 2.24) is 14.5 Å². The predicted molar refractivity (Wildman–Crippen MR) is 162 cm³/mol. The number of nitrogens with zero attached hydrogens (tertiary/aromatic N) is 5. The van der Waals surface area contributed by atoms with E-state index < -0.39 is 11.2 Å². The highest BCUT2D eigenvalue weighted by Crippen LogP contribution is 2.40. The molecule has 4 heterocycles. The number of hydrogen-bond acceptors (Lipinski definition) is 7. The molecule has 0 aliphatic carbocycles. The summed E-state index contributed by atoms with van der Waals surface area (Å²) < 4.78 is 26.9. The van der Waals surface area contributed by atoms with Gasteiger partial charge in [-0.15, -0.1) is 0 Å². The zero-order valence-electron chi connectivity index (χ0n) is 24.9. The minimum Gasteiger partial charge on any atom is -0.493 e. The molecule has 1 aliphatic heterocycles. The van der Waals surface area contributed by atoms with Gasteiger partial charge in [-0.1, -0.05) is 0 Å². The van der Waals surface area contributed by atoms with Crippen LogP contribution in [0.1, 0.15) is 32.8 Å². The second-order valence-electron chi connectivity index (χ2n) is 11.2. The number of ether oxygens (including phenoxy) is 1. The van der Waals surface area contributed by atoms with Gasteiger partial charge in [-0.25, -0.2) is 4.39 Å². The van der Waals surface area contributed by atoms with Crippen LogP contribution < -0.4 is 20.1 Å². The standard InChI is InChI=1S/C32H36FN5O5/c1-5-38-26-8-7-25(18-27(26)35(4)30(40)32(2,3)31(38)41)42-15-6-11-36(21-22-17-24(33)20-34-19-22)13-14-37-12-9-23-10-16-43-28(23)29(37)39/h7-10,12,16-20H,5-6,11,13-15,21H2,1-4H3. The van der Waals surface area contributed by atoms with Crippen molar-refractivity contribution in [3.05, 3.63) is 83.0 Å². The molecule has 11 heteroatoms. The molecule has 43 heavy (non-hydrogen) atoms. The molecule has 1 aromatic carbocycles. The van der Waals surface area contributed by atoms with Gasteiger partial charge in [0.2, 0.25) is 11.8 Å². The highest BCUT2D eigenvalue weighted by atomic mass is 19.1. The molecule has 0 saturated heterocycles. The average Bonchev–Trinajstić information content (AvgIpc) is 3.47. The van der Waals surface area contributed by atoms with Crippen molar-refractivity contribution < 1.29 is 23.1 Å². The van der Waals surface area contributed by atoms with Crippen LogP contribution in [0.15, 0.2) is 70.5 Å². The molecule has 0 saturated carbocycles. The average molecular weight is 590 g/mol. The quantitative estimate of drug-likeness (QED) is 0.188. The number of halogens is 1. The molecule has 226 valence electrons. The maximum absolute atomic E-state index is 13.8. The number of carbonyl (C=O) groups excluding carboxylic acids is 2. The summed E-state index contributed by atoms with van der Waals surface area (Å²) >= 11 is 0. The van der Waals surface area contributed by atoms with Crippen LogP contribution in [0.2, 0.25) is 0 Å². The summed E-state index contributed by atoms with van der Waals surface area (Å²) in [6.45, 7) is 8.03. The molecule has 0 N–H and O–H groups in total. The third kappa shape index (κ3) is 6.17. The number of aromatic nitrogens is 2. The first-order valence-electron chi connectivity index (χ1n) is 14.4. The first-order chi connectivity index (χ1) is 20.6. The van der Waals surface area contributed by atoms with Crippen LogP contribution in [0.5, 0.6) is 5.75 Å². The van der Waals surface area contributed by atoms with Crippen molar-refractivity contribution in [2.75, 3.05) is 43.1 Å². The van der Waals surface area contributed by atoms with Gasteiger partial charge in [0.25, 0.3) is 5.56 Å². The molecule has 0 bridgehead atoms. The summed E-state index contributed by atoms with van der Waals surface area (Å²) in [7, 11) is 1.67. The smallest absolute Gasteiger partial charge is 0.294 e. The van der Waals surface area contributed by atoms with Crippen LogP contribution in [0.25, 0.3) is 11.0 Å². The van der Waals surface area contributed by atoms with E-state index in [2.05, 4.69) is 9.88 Å². The van der Waals surface area contributed by atoms with Gasteiger partial charge in [0.05, 0.1) is 30.4 Å². The molecule has 0 spiro atoms. The molecular weight excluding hydrogens is 553 g/mol. The minimum atomic E-state index is -1.18. The van der Waals surface area contributed by atoms with Crippen molar-refractivity contribution in [1.29, 1.82) is 0 Å². The van der Waals surface area contributed by atoms with Gasteiger partial charge in [-0.2, -0.15) is 0 Å². The molecule has 2 amide bonds. The van der Waals surface area contributed by atoms with Crippen molar-refractivity contribution in [3.63, 3.8) is 0 Å². The molecule has 1 aliphatic rings. The summed E-state index contributed by atoms with van der Waals surface area (Å²) in [5.74, 6) is -0.335. The fraction of sp³-hybridized carbons (Fsp3) is 0.375. The number of carbonyl (C=O) groups is 2. The molecule has 4 aromatic rings. The lowest BCUT2D eigenvalue weighted by molar-refractivity contribution is -0.137. The van der Waals surface area contributed by atoms with Crippen LogP contribution in [0, 0.1) is 11.2 Å². The van der Waals surface area contributed by atoms with E-state index in [0.29, 0.717) is 68.5 Å². The Hall–Kier alpha value is -4.51. The van der Waals surface area contributed by atoms with Gasteiger partial charge in [0, 0.05) is 63.6 Å². The van der Waals surface area contributed by atoms with Crippen molar-refractivity contribution in [2.45, 2.75) is 40.3 Å². The Kier molecular flexibility index (Phi) is 8.63. The van der Waals surface area contributed by atoms with E-state index in [4.69, 9.17) is 9.15 Å². The molecule has 10 nitrogen and oxygen atoms in total. The number of pyridine rings is 2. The Morgan fingerprint density at radius 1 is 1.02 bits per heavy atom. The molecule has 0 atom stereocenters. The van der Waals surface area contributed by atoms with Crippen LogP contribution >= 0.6 is 0 Å². The monoisotopic (exact) mass is 589 g/mol. The van der Waals surface area contributed by atoms with E-state index in [0.717, 1.165) is 10.9 Å². The van der Waals surface area contributed by atoms with Gasteiger partial charge >= 0.3 is 0 Å². The lowest BCUT2D eigenvalue weighted by Crippen LogP contribution is -2.47. The molecule has 0 fully saturated rings. The highest BCUT2D eigenvalue weighted by molar-refractivity contribution is 6.20. The number of anilines is 2. The fourth-order valence-corrected chi connectivity index (χ4v) is 5.44. The second kappa shape index (κ2) is 12.4. The Morgan fingerprint density at radius 2 is 1.84 bits per heavy atom. The summed E-state index contributed by atoms with van der Waals surface area (Å²) in [5, 5.41) is 0.757. The van der Waals surface area contributed by atoms with Crippen molar-refractivity contribution in [3.8, 4) is 5.75 Å². The van der Waals surface area contributed by atoms with E-state index >= 15 is 0 Å². The van der Waals surface area contributed by atoms with Crippen LogP contribution in [-0.4, -0.2) is 59.6 Å². The largest absolute Gasteiger partial charge is 0.493 e. The normalized spacial score (nSPS) is 14.8. The fourth-order valence-electron chi connectivity index (χ4n) is 5.44. The second-order valence-corrected chi connectivity index (χ2v) is 11.2. The Morgan fingerprint density at radius 3 is 2.60 bits per heavy atom. The number of fused-ring (bicyclic) bond motifs is 2. The summed E-state index contributed by atoms with van der Waals surface area (Å²) in [5.41, 5.74) is 0.949. The maximum atomic E-state index is 13.8. The Bertz CT molecular complexity index is 1700. The molecule has 0 radical (unpaired) electrons. The third-order valence-electron chi connectivity index (χ3n) is 7.83. The van der Waals surface area contributed by atoms with Gasteiger partial charge in [-0.05, 0) is 63.1 Å². The summed E-state index contributed by atoms with van der Waals surface area (Å²) in [4.78, 5) is 48.3. The highest BCUT2D eigenvalue weighted by Gasteiger charge is 2.45. The Labute approximate surface area is 249 Å². The van der Waals surface area contributed by atoms with Gasteiger partial charge in [0.15, 0.2) is 5.58 Å². The zero-order valence-corrected chi connectivity index (χ0v) is 24.9. The van der Waals surface area contributed by atoms with E-state index in [-0.39, 0.29) is 17.4 Å².